The molecule has 0 radical (unpaired) electrons. The van der Waals surface area contributed by atoms with E-state index in [0.29, 0.717) is 25.2 Å². The van der Waals surface area contributed by atoms with Gasteiger partial charge >= 0.3 is 0 Å². The van der Waals surface area contributed by atoms with Crippen LogP contribution in [-0.2, 0) is 0 Å². The van der Waals surface area contributed by atoms with E-state index in [1.807, 2.05) is 6.92 Å². The zero-order chi connectivity index (χ0) is 10.2. The first-order valence-electron chi connectivity index (χ1n) is 4.43. The molecule has 0 aromatic carbocycles. The molecule has 1 fully saturated rings. The van der Waals surface area contributed by atoms with Crippen molar-refractivity contribution in [1.29, 1.82) is 0 Å². The van der Waals surface area contributed by atoms with Crippen LogP contribution in [0, 0.1) is 0 Å². The highest BCUT2D eigenvalue weighted by Gasteiger charge is 2.42. The van der Waals surface area contributed by atoms with Gasteiger partial charge in [-0.1, -0.05) is 11.4 Å². The van der Waals surface area contributed by atoms with Crippen LogP contribution in [0.5, 0.6) is 0 Å². The summed E-state index contributed by atoms with van der Waals surface area (Å²) in [5.74, 6) is -0.142. The first-order chi connectivity index (χ1) is 6.64. The maximum Gasteiger partial charge on any atom is 0.275 e. The van der Waals surface area contributed by atoms with Crippen molar-refractivity contribution in [2.75, 3.05) is 13.1 Å². The van der Waals surface area contributed by atoms with E-state index in [0.717, 1.165) is 11.5 Å². The molecule has 76 valence electrons. The molecule has 0 bridgehead atoms. The van der Waals surface area contributed by atoms with Crippen LogP contribution in [0.2, 0.25) is 0 Å². The molecule has 2 heterocycles. The Kier molecular flexibility index (Phi) is 2.24. The normalized spacial score (nSPS) is 19.1. The van der Waals surface area contributed by atoms with E-state index in [1.54, 1.807) is 10.3 Å². The Morgan fingerprint density at radius 3 is 3.00 bits per heavy atom. The van der Waals surface area contributed by atoms with Gasteiger partial charge in [-0.25, -0.2) is 0 Å². The van der Waals surface area contributed by atoms with E-state index in [2.05, 4.69) is 9.59 Å². The number of hydrogen-bond donors (Lipinski definition) is 1. The second kappa shape index (κ2) is 3.29. The number of likely N-dealkylation sites (tertiary alicyclic amines) is 1. The van der Waals surface area contributed by atoms with Gasteiger partial charge in [0.05, 0.1) is 18.7 Å². The topological polar surface area (TPSA) is 66.3 Å². The van der Waals surface area contributed by atoms with Crippen molar-refractivity contribution >= 4 is 17.4 Å². The van der Waals surface area contributed by atoms with E-state index in [9.17, 15) is 9.90 Å². The lowest BCUT2D eigenvalue weighted by atomic mass is 9.91. The average molecular weight is 213 g/mol. The van der Waals surface area contributed by atoms with Crippen molar-refractivity contribution in [2.45, 2.75) is 18.9 Å². The maximum absolute atomic E-state index is 11.6. The number of amides is 1. The number of hydrogen-bond acceptors (Lipinski definition) is 5. The molecule has 0 spiro atoms. The molecular weight excluding hydrogens is 202 g/mol. The van der Waals surface area contributed by atoms with E-state index in [1.165, 1.54) is 0 Å². The molecule has 1 aliphatic heterocycles. The summed E-state index contributed by atoms with van der Waals surface area (Å²) >= 11 is 1.15. The van der Waals surface area contributed by atoms with Crippen LogP contribution in [0.4, 0.5) is 0 Å². The Balaban J connectivity index is 1.98. The van der Waals surface area contributed by atoms with Crippen molar-refractivity contribution in [3.05, 3.63) is 11.1 Å². The first-order valence-corrected chi connectivity index (χ1v) is 5.27. The molecular formula is C8H11N3O2S. The largest absolute Gasteiger partial charge is 0.386 e. The Bertz CT molecular complexity index is 332. The molecule has 0 saturated carbocycles. The highest BCUT2D eigenvalue weighted by atomic mass is 32.1. The predicted molar refractivity (Wildman–Crippen MR) is 51.1 cm³/mol. The minimum atomic E-state index is -0.681. The standard InChI is InChI=1S/C8H11N3O2S/c1-2-8(13)4-11(5-8)7(12)6-3-14-10-9-6/h3,13H,2,4-5H2,1H3. The average Bonchev–Trinajstić information content (AvgIpc) is 2.64. The van der Waals surface area contributed by atoms with E-state index >= 15 is 0 Å². The number of carbonyl (C=O) groups excluding carboxylic acids is 1. The van der Waals surface area contributed by atoms with Gasteiger partial charge in [0.2, 0.25) is 0 Å². The monoisotopic (exact) mass is 213 g/mol. The molecule has 6 heteroatoms. The third-order valence-electron chi connectivity index (χ3n) is 2.49. The third kappa shape index (κ3) is 1.51. The summed E-state index contributed by atoms with van der Waals surface area (Å²) in [7, 11) is 0. The Labute approximate surface area is 85.5 Å². The van der Waals surface area contributed by atoms with Crippen LogP contribution in [0.15, 0.2) is 5.38 Å². The number of rotatable bonds is 2. The first kappa shape index (κ1) is 9.54. The molecule has 0 atom stereocenters. The van der Waals surface area contributed by atoms with Crippen molar-refractivity contribution in [1.82, 2.24) is 14.5 Å². The summed E-state index contributed by atoms with van der Waals surface area (Å²) in [4.78, 5) is 13.2. The molecule has 0 unspecified atom stereocenters. The number of nitrogens with zero attached hydrogens (tertiary/aromatic N) is 3. The van der Waals surface area contributed by atoms with Gasteiger partial charge in [0.15, 0.2) is 5.69 Å². The van der Waals surface area contributed by atoms with Crippen LogP contribution < -0.4 is 0 Å². The van der Waals surface area contributed by atoms with E-state index in [-0.39, 0.29) is 5.91 Å². The van der Waals surface area contributed by atoms with Gasteiger partial charge in [0.1, 0.15) is 0 Å². The van der Waals surface area contributed by atoms with Gasteiger partial charge in [-0.05, 0) is 18.0 Å². The molecule has 1 amide bonds. The summed E-state index contributed by atoms with van der Waals surface area (Å²) < 4.78 is 3.62. The fraction of sp³-hybridized carbons (Fsp3) is 0.625. The van der Waals surface area contributed by atoms with Gasteiger partial charge in [-0.2, -0.15) is 0 Å². The molecule has 0 aliphatic carbocycles. The minimum Gasteiger partial charge on any atom is -0.386 e. The van der Waals surface area contributed by atoms with Gasteiger partial charge in [0.25, 0.3) is 5.91 Å². The second-order valence-corrected chi connectivity index (χ2v) is 4.14. The lowest BCUT2D eigenvalue weighted by Gasteiger charge is -2.45. The summed E-state index contributed by atoms with van der Waals surface area (Å²) in [5, 5.41) is 15.0. The fourth-order valence-corrected chi connectivity index (χ4v) is 1.88. The molecule has 14 heavy (non-hydrogen) atoms. The molecule has 1 aliphatic rings. The zero-order valence-corrected chi connectivity index (χ0v) is 8.62. The Morgan fingerprint density at radius 2 is 2.50 bits per heavy atom. The lowest BCUT2D eigenvalue weighted by molar-refractivity contribution is -0.0828. The van der Waals surface area contributed by atoms with Gasteiger partial charge in [-0.15, -0.1) is 5.10 Å². The fourth-order valence-electron chi connectivity index (χ4n) is 1.45. The molecule has 1 saturated heterocycles. The van der Waals surface area contributed by atoms with Crippen molar-refractivity contribution in [2.24, 2.45) is 0 Å². The second-order valence-electron chi connectivity index (χ2n) is 3.53. The third-order valence-corrected chi connectivity index (χ3v) is 3.00. The van der Waals surface area contributed by atoms with Gasteiger partial charge < -0.3 is 10.0 Å². The lowest BCUT2D eigenvalue weighted by Crippen LogP contribution is -2.63. The van der Waals surface area contributed by atoms with E-state index in [4.69, 9.17) is 0 Å². The van der Waals surface area contributed by atoms with E-state index < -0.39 is 5.60 Å². The highest BCUT2D eigenvalue weighted by molar-refractivity contribution is 7.03. The van der Waals surface area contributed by atoms with Gasteiger partial charge in [0, 0.05) is 5.38 Å². The highest BCUT2D eigenvalue weighted by Crippen LogP contribution is 2.25. The number of β-amino-alcohol motifs (C(OH)–C–C–N with tert-alkyl or cyclic N) is 1. The molecule has 1 aromatic heterocycles. The van der Waals surface area contributed by atoms with Crippen LogP contribution >= 0.6 is 11.5 Å². The summed E-state index contributed by atoms with van der Waals surface area (Å²) in [6, 6.07) is 0. The smallest absolute Gasteiger partial charge is 0.275 e. The molecule has 2 rings (SSSR count). The number of carbonyl (C=O) groups is 1. The zero-order valence-electron chi connectivity index (χ0n) is 7.80. The molecule has 1 N–H and O–H groups in total. The summed E-state index contributed by atoms with van der Waals surface area (Å²) in [6.45, 7) is 2.71. The number of aliphatic hydroxyl groups is 1. The van der Waals surface area contributed by atoms with Crippen molar-refractivity contribution in [3.63, 3.8) is 0 Å². The quantitative estimate of drug-likeness (QED) is 0.758. The van der Waals surface area contributed by atoms with Gasteiger partial charge in [-0.3, -0.25) is 4.79 Å². The SMILES string of the molecule is CCC1(O)CN(C(=O)c2csnn2)C1. The van der Waals surface area contributed by atoms with Crippen LogP contribution in [0.3, 0.4) is 0 Å². The van der Waals surface area contributed by atoms with Crippen molar-refractivity contribution < 1.29 is 9.90 Å². The minimum absolute atomic E-state index is 0.142. The van der Waals surface area contributed by atoms with Crippen LogP contribution in [0.1, 0.15) is 23.8 Å². The van der Waals surface area contributed by atoms with Crippen LogP contribution in [-0.4, -0.2) is 44.2 Å². The Morgan fingerprint density at radius 1 is 1.79 bits per heavy atom. The summed E-state index contributed by atoms with van der Waals surface area (Å²) in [6.07, 6.45) is 0.673. The van der Waals surface area contributed by atoms with Crippen LogP contribution in [0.25, 0.3) is 0 Å². The Hall–Kier alpha value is -1.01. The summed E-state index contributed by atoms with van der Waals surface area (Å²) in [5.41, 5.74) is -0.313. The maximum atomic E-state index is 11.6. The molecule has 1 aromatic rings. The molecule has 5 nitrogen and oxygen atoms in total. The predicted octanol–water partition coefficient (Wildman–Crippen LogP) is 0.135. The van der Waals surface area contributed by atoms with Crippen molar-refractivity contribution in [3.8, 4) is 0 Å². The number of aromatic nitrogens is 2.